The molecule has 2 aromatic rings. The molecule has 0 aliphatic carbocycles. The zero-order chi connectivity index (χ0) is 33.3. The second-order valence-electron chi connectivity index (χ2n) is 12.8. The Hall–Kier alpha value is -1.28. The quantitative estimate of drug-likeness (QED) is 0.116. The summed E-state index contributed by atoms with van der Waals surface area (Å²) in [7, 11) is 1.73. The average molecular weight is 677 g/mol. The number of thioether (sulfide) groups is 1. The molecule has 1 aliphatic rings. The van der Waals surface area contributed by atoms with Crippen molar-refractivity contribution in [3.05, 3.63) is 63.7 Å². The molecule has 5 atom stereocenters. The number of ether oxygens (including phenoxy) is 5. The Balaban J connectivity index is 2.06. The molecule has 1 heterocycles. The van der Waals surface area contributed by atoms with E-state index in [2.05, 4.69) is 71.9 Å². The van der Waals surface area contributed by atoms with Gasteiger partial charge in [-0.25, -0.2) is 0 Å². The fourth-order valence-corrected chi connectivity index (χ4v) is 7.68. The van der Waals surface area contributed by atoms with E-state index in [1.165, 1.54) is 11.1 Å². The van der Waals surface area contributed by atoms with Gasteiger partial charge in [-0.1, -0.05) is 103 Å². The molecule has 0 radical (unpaired) electrons. The van der Waals surface area contributed by atoms with Gasteiger partial charge in [0.2, 0.25) is 0 Å². The molecule has 2 aromatic carbocycles. The molecule has 0 N–H and O–H groups in total. The number of hydrogen-bond acceptors (Lipinski definition) is 6. The molecule has 46 heavy (non-hydrogen) atoms. The summed E-state index contributed by atoms with van der Waals surface area (Å²) in [6, 6.07) is 13.1. The summed E-state index contributed by atoms with van der Waals surface area (Å²) in [5, 5.41) is 0.765. The largest absolute Gasteiger partial charge is 0.496 e. The van der Waals surface area contributed by atoms with E-state index >= 15 is 0 Å². The van der Waals surface area contributed by atoms with E-state index in [0.29, 0.717) is 37.4 Å². The van der Waals surface area contributed by atoms with Crippen LogP contribution in [0.15, 0.2) is 36.4 Å². The molecular weight excluding hydrogens is 616 g/mol. The minimum Gasteiger partial charge on any atom is -0.496 e. The molecular formula is C39H61ClO5S. The number of methoxy groups -OCH3 is 1. The van der Waals surface area contributed by atoms with Gasteiger partial charge in [-0.2, -0.15) is 0 Å². The highest BCUT2D eigenvalue weighted by Crippen LogP contribution is 2.50. The lowest BCUT2D eigenvalue weighted by atomic mass is 9.93. The predicted octanol–water partition coefficient (Wildman–Crippen LogP) is 10.6. The molecule has 0 saturated carbocycles. The monoisotopic (exact) mass is 676 g/mol. The minimum absolute atomic E-state index is 0.0384. The van der Waals surface area contributed by atoms with Crippen LogP contribution in [0.3, 0.4) is 0 Å². The first-order valence-electron chi connectivity index (χ1n) is 17.9. The normalized spacial score (nSPS) is 21.6. The standard InChI is InChI=1S/C39H61ClO5S/c1-8-12-20-42-27-35-36(43-21-13-9-2)37(44-22-14-10-3)38(45-23-15-11-4)39(46-35)32-25-31(33(40)26-34(32)41-7)24-29-16-18-30(19-17-29)28(5)6/h16-19,25-26,28,35-39H,8-15,20-24,27H2,1-7H3/t35-,36-,37+,38-,39+/m1/s1. The molecule has 1 saturated heterocycles. The van der Waals surface area contributed by atoms with Gasteiger partial charge in [-0.3, -0.25) is 0 Å². The third kappa shape index (κ3) is 11.7. The van der Waals surface area contributed by atoms with E-state index in [-0.39, 0.29) is 28.8 Å². The lowest BCUT2D eigenvalue weighted by Gasteiger charge is -2.46. The number of benzene rings is 2. The smallest absolute Gasteiger partial charge is 0.124 e. The maximum Gasteiger partial charge on any atom is 0.124 e. The van der Waals surface area contributed by atoms with Gasteiger partial charge < -0.3 is 23.7 Å². The molecule has 1 aliphatic heterocycles. The molecule has 0 amide bonds. The molecule has 1 fully saturated rings. The van der Waals surface area contributed by atoms with Gasteiger partial charge in [0.05, 0.1) is 24.2 Å². The molecule has 260 valence electrons. The molecule has 3 rings (SSSR count). The van der Waals surface area contributed by atoms with Crippen molar-refractivity contribution in [2.24, 2.45) is 0 Å². The summed E-state index contributed by atoms with van der Waals surface area (Å²) in [5.41, 5.74) is 4.76. The Morgan fingerprint density at radius 1 is 0.739 bits per heavy atom. The molecule has 0 aromatic heterocycles. The van der Waals surface area contributed by atoms with Crippen molar-refractivity contribution >= 4 is 23.4 Å². The van der Waals surface area contributed by atoms with E-state index in [9.17, 15) is 0 Å². The number of unbranched alkanes of at least 4 members (excludes halogenated alkanes) is 4. The van der Waals surface area contributed by atoms with Crippen LogP contribution < -0.4 is 4.74 Å². The Bertz CT molecular complexity index is 1110. The van der Waals surface area contributed by atoms with E-state index in [1.807, 2.05) is 17.8 Å². The summed E-state index contributed by atoms with van der Waals surface area (Å²) >= 11 is 8.84. The zero-order valence-electron chi connectivity index (χ0n) is 29.7. The van der Waals surface area contributed by atoms with E-state index in [4.69, 9.17) is 35.3 Å². The van der Waals surface area contributed by atoms with E-state index in [0.717, 1.165) is 81.3 Å². The molecule has 0 bridgehead atoms. The highest BCUT2D eigenvalue weighted by Gasteiger charge is 2.49. The predicted molar refractivity (Wildman–Crippen MR) is 195 cm³/mol. The van der Waals surface area contributed by atoms with Crippen molar-refractivity contribution in [3.8, 4) is 5.75 Å². The van der Waals surface area contributed by atoms with Gasteiger partial charge in [0.1, 0.15) is 24.1 Å². The highest BCUT2D eigenvalue weighted by atomic mass is 35.5. The van der Waals surface area contributed by atoms with Gasteiger partial charge in [0.15, 0.2) is 0 Å². The Labute approximate surface area is 289 Å². The van der Waals surface area contributed by atoms with Crippen molar-refractivity contribution in [2.45, 2.75) is 134 Å². The third-order valence-electron chi connectivity index (χ3n) is 8.73. The molecule has 0 spiro atoms. The van der Waals surface area contributed by atoms with Crippen LogP contribution in [-0.4, -0.2) is 63.7 Å². The van der Waals surface area contributed by atoms with Crippen LogP contribution in [0.1, 0.15) is 126 Å². The third-order valence-corrected chi connectivity index (χ3v) is 10.7. The Morgan fingerprint density at radius 2 is 1.30 bits per heavy atom. The van der Waals surface area contributed by atoms with E-state index in [1.54, 1.807) is 7.11 Å². The molecule has 5 nitrogen and oxygen atoms in total. The van der Waals surface area contributed by atoms with Gasteiger partial charge in [0.25, 0.3) is 0 Å². The maximum absolute atomic E-state index is 6.94. The van der Waals surface area contributed by atoms with Crippen LogP contribution in [0.4, 0.5) is 0 Å². The van der Waals surface area contributed by atoms with Crippen LogP contribution in [0.2, 0.25) is 5.02 Å². The SMILES string of the molecule is CCCCOC[C@H]1S[C@@H](c2cc(Cc3ccc(C(C)C)cc3)c(Cl)cc2OC)[C@H](OCCCC)[C@@H](OCCCC)[C@@H]1OCCCC. The van der Waals surface area contributed by atoms with E-state index < -0.39 is 0 Å². The van der Waals surface area contributed by atoms with Crippen molar-refractivity contribution in [1.29, 1.82) is 0 Å². The van der Waals surface area contributed by atoms with Crippen molar-refractivity contribution < 1.29 is 23.7 Å². The summed E-state index contributed by atoms with van der Waals surface area (Å²) in [6.45, 7) is 16.7. The second kappa shape index (κ2) is 21.6. The average Bonchev–Trinajstić information content (AvgIpc) is 3.05. The minimum atomic E-state index is -0.223. The van der Waals surface area contributed by atoms with Gasteiger partial charge in [0, 0.05) is 37.0 Å². The number of hydrogen-bond donors (Lipinski definition) is 0. The van der Waals surface area contributed by atoms with Crippen molar-refractivity contribution in [1.82, 2.24) is 0 Å². The summed E-state index contributed by atoms with van der Waals surface area (Å²) in [4.78, 5) is 0. The fourth-order valence-electron chi connectivity index (χ4n) is 5.80. The summed E-state index contributed by atoms with van der Waals surface area (Å²) < 4.78 is 32.7. The lowest BCUT2D eigenvalue weighted by molar-refractivity contribution is -0.149. The fraction of sp³-hybridized carbons (Fsp3) is 0.692. The van der Waals surface area contributed by atoms with Crippen LogP contribution >= 0.6 is 23.4 Å². The number of rotatable bonds is 22. The Kier molecular flexibility index (Phi) is 18.4. The van der Waals surface area contributed by atoms with Gasteiger partial charge in [-0.15, -0.1) is 11.8 Å². The van der Waals surface area contributed by atoms with Crippen LogP contribution in [0.5, 0.6) is 5.75 Å². The topological polar surface area (TPSA) is 46.2 Å². The van der Waals surface area contributed by atoms with Crippen LogP contribution in [0, 0.1) is 0 Å². The van der Waals surface area contributed by atoms with Crippen molar-refractivity contribution in [3.63, 3.8) is 0 Å². The van der Waals surface area contributed by atoms with Crippen LogP contribution in [0.25, 0.3) is 0 Å². The maximum atomic E-state index is 6.94. The Morgan fingerprint density at radius 3 is 1.87 bits per heavy atom. The first-order valence-corrected chi connectivity index (χ1v) is 19.2. The zero-order valence-corrected chi connectivity index (χ0v) is 31.2. The lowest BCUT2D eigenvalue weighted by Crippen LogP contribution is -2.55. The van der Waals surface area contributed by atoms with Crippen LogP contribution in [-0.2, 0) is 25.4 Å². The van der Waals surface area contributed by atoms with Gasteiger partial charge in [-0.05, 0) is 66.8 Å². The molecule has 7 heteroatoms. The second-order valence-corrected chi connectivity index (χ2v) is 14.6. The van der Waals surface area contributed by atoms with Crippen molar-refractivity contribution in [2.75, 3.05) is 40.1 Å². The summed E-state index contributed by atoms with van der Waals surface area (Å²) in [5.74, 6) is 1.29. The first kappa shape index (κ1) is 39.2. The number of halogens is 1. The molecule has 0 unspecified atom stereocenters. The van der Waals surface area contributed by atoms with Gasteiger partial charge >= 0.3 is 0 Å². The first-order chi connectivity index (χ1) is 22.4. The summed E-state index contributed by atoms with van der Waals surface area (Å²) in [6.07, 6.45) is 8.58. The highest BCUT2D eigenvalue weighted by molar-refractivity contribution is 8.00.